The average Bonchev–Trinajstić information content (AvgIpc) is 2.88. The Balaban J connectivity index is 1.29. The first-order valence-electron chi connectivity index (χ1n) is 11.9. The zero-order valence-electron chi connectivity index (χ0n) is 19.6. The third-order valence-electron chi connectivity index (χ3n) is 6.05. The van der Waals surface area contributed by atoms with Crippen LogP contribution in [0.15, 0.2) is 30.3 Å². The molecule has 3 aliphatic heterocycles. The molecule has 0 aliphatic carbocycles. The predicted octanol–water partition coefficient (Wildman–Crippen LogP) is 1.68. The van der Waals surface area contributed by atoms with E-state index >= 15 is 0 Å². The first kappa shape index (κ1) is 22.7. The Morgan fingerprint density at radius 3 is 2.59 bits per heavy atom. The summed E-state index contributed by atoms with van der Waals surface area (Å²) in [6.07, 6.45) is 2.01. The smallest absolute Gasteiger partial charge is 0.320 e. The summed E-state index contributed by atoms with van der Waals surface area (Å²) in [5.41, 5.74) is 9.69. The number of nitrogens with one attached hydrogen (secondary N) is 2. The van der Waals surface area contributed by atoms with Gasteiger partial charge in [0.25, 0.3) is 0 Å². The number of anilines is 2. The molecule has 2 aromatic rings. The molecule has 0 bridgehead atoms. The van der Waals surface area contributed by atoms with Gasteiger partial charge in [0.1, 0.15) is 24.8 Å². The number of hydrogen-bond donors (Lipinski definition) is 2. The molecule has 0 saturated carbocycles. The van der Waals surface area contributed by atoms with Gasteiger partial charge in [-0.1, -0.05) is 11.6 Å². The second kappa shape index (κ2) is 10.9. The molecule has 182 valence electrons. The number of hydrazine groups is 1. The summed E-state index contributed by atoms with van der Waals surface area (Å²) in [7, 11) is 0. The van der Waals surface area contributed by atoms with Gasteiger partial charge >= 0.3 is 6.01 Å². The van der Waals surface area contributed by atoms with Crippen LogP contribution in [0.2, 0.25) is 0 Å². The summed E-state index contributed by atoms with van der Waals surface area (Å²) in [5, 5.41) is 0. The highest BCUT2D eigenvalue weighted by molar-refractivity contribution is 5.72. The van der Waals surface area contributed by atoms with Crippen molar-refractivity contribution in [3.8, 4) is 11.8 Å². The van der Waals surface area contributed by atoms with Crippen molar-refractivity contribution in [2.24, 2.45) is 0 Å². The van der Waals surface area contributed by atoms with E-state index in [0.717, 1.165) is 68.8 Å². The van der Waals surface area contributed by atoms with Crippen LogP contribution in [0.25, 0.3) is 5.70 Å². The summed E-state index contributed by atoms with van der Waals surface area (Å²) in [6.45, 7) is 10.2. The van der Waals surface area contributed by atoms with E-state index in [1.54, 1.807) is 0 Å². The van der Waals surface area contributed by atoms with Gasteiger partial charge < -0.3 is 23.8 Å². The molecule has 1 aromatic carbocycles. The van der Waals surface area contributed by atoms with Crippen LogP contribution in [0.1, 0.15) is 11.1 Å². The van der Waals surface area contributed by atoms with Crippen molar-refractivity contribution in [1.29, 1.82) is 0 Å². The van der Waals surface area contributed by atoms with E-state index < -0.39 is 0 Å². The monoisotopic (exact) mass is 468 g/mol. The average molecular weight is 469 g/mol. The quantitative estimate of drug-likeness (QED) is 0.558. The SMILES string of the molecule is Cc1ccc2c(c1)C(NNc1cc(N3CCOCC3)nc(OCCN3CCOCC3)n1)=CCO2. The Labute approximate surface area is 199 Å². The van der Waals surface area contributed by atoms with Crippen LogP contribution < -0.4 is 25.2 Å². The Hall–Kier alpha value is -3.08. The lowest BCUT2D eigenvalue weighted by molar-refractivity contribution is 0.0317. The van der Waals surface area contributed by atoms with E-state index in [2.05, 4.69) is 49.7 Å². The number of benzene rings is 1. The molecule has 5 rings (SSSR count). The largest absolute Gasteiger partial charge is 0.489 e. The van der Waals surface area contributed by atoms with Crippen LogP contribution in [-0.4, -0.2) is 87.2 Å². The van der Waals surface area contributed by atoms with Crippen LogP contribution >= 0.6 is 0 Å². The zero-order chi connectivity index (χ0) is 23.2. The fourth-order valence-corrected chi connectivity index (χ4v) is 4.14. The molecule has 10 heteroatoms. The summed E-state index contributed by atoms with van der Waals surface area (Å²) >= 11 is 0. The molecule has 0 spiro atoms. The van der Waals surface area contributed by atoms with Crippen molar-refractivity contribution in [2.75, 3.05) is 82.7 Å². The van der Waals surface area contributed by atoms with E-state index in [1.807, 2.05) is 18.2 Å². The van der Waals surface area contributed by atoms with E-state index in [1.165, 1.54) is 5.56 Å². The van der Waals surface area contributed by atoms with Crippen LogP contribution in [0, 0.1) is 6.92 Å². The van der Waals surface area contributed by atoms with E-state index in [9.17, 15) is 0 Å². The van der Waals surface area contributed by atoms with Gasteiger partial charge in [-0.05, 0) is 25.1 Å². The third kappa shape index (κ3) is 5.69. The minimum Gasteiger partial charge on any atom is -0.489 e. The van der Waals surface area contributed by atoms with Gasteiger partial charge in [0, 0.05) is 44.4 Å². The topological polar surface area (TPSA) is 93.2 Å². The van der Waals surface area contributed by atoms with Gasteiger partial charge in [-0.15, -0.1) is 0 Å². The van der Waals surface area contributed by atoms with Crippen LogP contribution in [0.5, 0.6) is 11.8 Å². The molecule has 10 nitrogen and oxygen atoms in total. The highest BCUT2D eigenvalue weighted by Crippen LogP contribution is 2.29. The molecule has 2 fully saturated rings. The van der Waals surface area contributed by atoms with Crippen molar-refractivity contribution < 1.29 is 18.9 Å². The number of aryl methyl sites for hydroxylation is 1. The van der Waals surface area contributed by atoms with Gasteiger partial charge in [0.05, 0.1) is 32.1 Å². The highest BCUT2D eigenvalue weighted by Gasteiger charge is 2.18. The molecule has 0 radical (unpaired) electrons. The second-order valence-electron chi connectivity index (χ2n) is 8.47. The molecule has 0 unspecified atom stereocenters. The summed E-state index contributed by atoms with van der Waals surface area (Å²) in [5.74, 6) is 2.32. The number of ether oxygens (including phenoxy) is 4. The third-order valence-corrected chi connectivity index (χ3v) is 6.05. The first-order valence-corrected chi connectivity index (χ1v) is 11.9. The minimum atomic E-state index is 0.360. The normalized spacial score (nSPS) is 18.5. The highest BCUT2D eigenvalue weighted by atomic mass is 16.5. The Kier molecular flexibility index (Phi) is 7.28. The van der Waals surface area contributed by atoms with Crippen LogP contribution in [0.3, 0.4) is 0 Å². The molecule has 0 amide bonds. The standard InChI is InChI=1S/C24H32N6O4/c1-18-2-3-21-19(16-18)20(4-10-33-21)27-28-22-17-23(30-8-13-32-14-9-30)26-24(25-22)34-15-7-29-5-11-31-12-6-29/h2-4,16-17,27H,5-15H2,1H3,(H,25,26,28). The number of aromatic nitrogens is 2. The van der Waals surface area contributed by atoms with E-state index in [4.69, 9.17) is 18.9 Å². The molecule has 34 heavy (non-hydrogen) atoms. The Morgan fingerprint density at radius 1 is 0.971 bits per heavy atom. The maximum Gasteiger partial charge on any atom is 0.320 e. The molecule has 2 saturated heterocycles. The number of rotatable bonds is 8. The van der Waals surface area contributed by atoms with Crippen LogP contribution in [0.4, 0.5) is 11.6 Å². The summed E-state index contributed by atoms with van der Waals surface area (Å²) < 4.78 is 22.7. The zero-order valence-corrected chi connectivity index (χ0v) is 19.6. The molecule has 0 atom stereocenters. The van der Waals surface area contributed by atoms with Gasteiger partial charge in [-0.2, -0.15) is 9.97 Å². The maximum absolute atomic E-state index is 5.98. The first-order chi connectivity index (χ1) is 16.7. The molecular formula is C24H32N6O4. The predicted molar refractivity (Wildman–Crippen MR) is 129 cm³/mol. The Bertz CT molecular complexity index is 1000. The van der Waals surface area contributed by atoms with Crippen molar-refractivity contribution in [3.05, 3.63) is 41.5 Å². The number of fused-ring (bicyclic) bond motifs is 1. The Morgan fingerprint density at radius 2 is 1.76 bits per heavy atom. The molecular weight excluding hydrogens is 436 g/mol. The molecule has 2 N–H and O–H groups in total. The second-order valence-corrected chi connectivity index (χ2v) is 8.47. The van der Waals surface area contributed by atoms with Crippen molar-refractivity contribution in [1.82, 2.24) is 20.3 Å². The van der Waals surface area contributed by atoms with Gasteiger partial charge in [0.15, 0.2) is 5.82 Å². The lowest BCUT2D eigenvalue weighted by atomic mass is 10.1. The van der Waals surface area contributed by atoms with E-state index in [0.29, 0.717) is 38.3 Å². The van der Waals surface area contributed by atoms with Crippen molar-refractivity contribution >= 4 is 17.3 Å². The molecule has 4 heterocycles. The number of morpholine rings is 2. The summed E-state index contributed by atoms with van der Waals surface area (Å²) in [4.78, 5) is 13.8. The van der Waals surface area contributed by atoms with Crippen LogP contribution in [-0.2, 0) is 9.47 Å². The maximum atomic E-state index is 5.98. The number of nitrogens with zero attached hydrogens (tertiary/aromatic N) is 4. The molecule has 3 aliphatic rings. The van der Waals surface area contributed by atoms with Gasteiger partial charge in [-0.25, -0.2) is 0 Å². The van der Waals surface area contributed by atoms with Gasteiger partial charge in [0.2, 0.25) is 0 Å². The molecule has 1 aromatic heterocycles. The lowest BCUT2D eigenvalue weighted by Gasteiger charge is -2.28. The minimum absolute atomic E-state index is 0.360. The van der Waals surface area contributed by atoms with Gasteiger partial charge in [-0.3, -0.25) is 15.8 Å². The lowest BCUT2D eigenvalue weighted by Crippen LogP contribution is -2.39. The fraction of sp³-hybridized carbons (Fsp3) is 0.500. The summed E-state index contributed by atoms with van der Waals surface area (Å²) in [6, 6.07) is 8.45. The fourth-order valence-electron chi connectivity index (χ4n) is 4.14. The van der Waals surface area contributed by atoms with E-state index in [-0.39, 0.29) is 0 Å². The van der Waals surface area contributed by atoms with Crippen molar-refractivity contribution in [3.63, 3.8) is 0 Å². The number of hydrogen-bond acceptors (Lipinski definition) is 10. The van der Waals surface area contributed by atoms with Crippen molar-refractivity contribution in [2.45, 2.75) is 6.92 Å².